The Morgan fingerprint density at radius 2 is 1.79 bits per heavy atom. The van der Waals surface area contributed by atoms with Crippen molar-refractivity contribution in [2.24, 2.45) is 0 Å². The number of oxazole rings is 1. The Bertz CT molecular complexity index is 896. The average Bonchev–Trinajstić information content (AvgIpc) is 2.95. The highest BCUT2D eigenvalue weighted by Gasteiger charge is 2.10. The topological polar surface area (TPSA) is 43.1 Å². The second kappa shape index (κ2) is 7.16. The minimum atomic E-state index is -0.0852. The molecule has 2 aromatic carbocycles. The van der Waals surface area contributed by atoms with E-state index >= 15 is 0 Å². The molecule has 0 spiro atoms. The molecule has 0 fully saturated rings. The van der Waals surface area contributed by atoms with Gasteiger partial charge in [0.15, 0.2) is 5.78 Å². The Hall–Kier alpha value is -2.17. The zero-order valence-corrected chi connectivity index (χ0v) is 15.1. The summed E-state index contributed by atoms with van der Waals surface area (Å²) >= 11 is 9.23. The van der Waals surface area contributed by atoms with Crippen LogP contribution in [0.1, 0.15) is 21.8 Å². The first-order chi connectivity index (χ1) is 11.5. The summed E-state index contributed by atoms with van der Waals surface area (Å²) in [5, 5.41) is 0.655. The second-order valence-electron chi connectivity index (χ2n) is 5.17. The van der Waals surface area contributed by atoms with E-state index in [1.54, 1.807) is 30.3 Å². The quantitative estimate of drug-likeness (QED) is 0.399. The van der Waals surface area contributed by atoms with Crippen LogP contribution in [0.3, 0.4) is 0 Å². The molecule has 0 unspecified atom stereocenters. The maximum atomic E-state index is 12.2. The van der Waals surface area contributed by atoms with Crippen LogP contribution < -0.4 is 0 Å². The summed E-state index contributed by atoms with van der Waals surface area (Å²) in [5.74, 6) is 1.07. The van der Waals surface area contributed by atoms with E-state index in [1.165, 1.54) is 6.08 Å². The summed E-state index contributed by atoms with van der Waals surface area (Å²) in [6.07, 6.45) is 3.17. The number of carbonyl (C=O) groups is 1. The van der Waals surface area contributed by atoms with Crippen LogP contribution in [0.25, 0.3) is 17.5 Å². The van der Waals surface area contributed by atoms with Crippen molar-refractivity contribution in [3.05, 3.63) is 81.1 Å². The van der Waals surface area contributed by atoms with Crippen LogP contribution >= 0.6 is 27.5 Å². The fourth-order valence-corrected chi connectivity index (χ4v) is 2.53. The number of hydrogen-bond acceptors (Lipinski definition) is 3. The Morgan fingerprint density at radius 1 is 1.12 bits per heavy atom. The van der Waals surface area contributed by atoms with E-state index < -0.39 is 0 Å². The van der Waals surface area contributed by atoms with Gasteiger partial charge < -0.3 is 4.42 Å². The minimum absolute atomic E-state index is 0.0852. The number of aromatic nitrogens is 1. The third-order valence-corrected chi connectivity index (χ3v) is 4.23. The first-order valence-electron chi connectivity index (χ1n) is 7.24. The third kappa shape index (κ3) is 3.83. The van der Waals surface area contributed by atoms with E-state index in [1.807, 2.05) is 31.2 Å². The van der Waals surface area contributed by atoms with Gasteiger partial charge in [0.1, 0.15) is 11.5 Å². The Balaban J connectivity index is 1.81. The van der Waals surface area contributed by atoms with Gasteiger partial charge in [-0.1, -0.05) is 27.5 Å². The molecule has 0 atom stereocenters. The number of ketones is 1. The van der Waals surface area contributed by atoms with Gasteiger partial charge in [0, 0.05) is 20.6 Å². The molecule has 0 aliphatic carbocycles. The average molecular weight is 403 g/mol. The maximum absolute atomic E-state index is 12.2. The Morgan fingerprint density at radius 3 is 2.46 bits per heavy atom. The van der Waals surface area contributed by atoms with E-state index in [9.17, 15) is 4.79 Å². The summed E-state index contributed by atoms with van der Waals surface area (Å²) in [5.41, 5.74) is 2.08. The van der Waals surface area contributed by atoms with Crippen molar-refractivity contribution >= 4 is 39.4 Å². The maximum Gasteiger partial charge on any atom is 0.226 e. The number of allylic oxidation sites excluding steroid dienone is 1. The summed E-state index contributed by atoms with van der Waals surface area (Å²) in [6.45, 7) is 1.82. The molecule has 0 saturated carbocycles. The summed E-state index contributed by atoms with van der Waals surface area (Å²) in [4.78, 5) is 16.6. The van der Waals surface area contributed by atoms with Gasteiger partial charge in [-0.15, -0.1) is 0 Å². The van der Waals surface area contributed by atoms with Crippen molar-refractivity contribution in [1.29, 1.82) is 0 Å². The fourth-order valence-electron chi connectivity index (χ4n) is 2.14. The molecule has 1 aromatic heterocycles. The molecule has 0 aliphatic rings. The molecule has 120 valence electrons. The predicted octanol–water partition coefficient (Wildman–Crippen LogP) is 5.96. The van der Waals surface area contributed by atoms with Gasteiger partial charge in [0.05, 0.1) is 0 Å². The first-order valence-corrected chi connectivity index (χ1v) is 8.41. The molecule has 0 amide bonds. The highest BCUT2D eigenvalue weighted by Crippen LogP contribution is 2.24. The van der Waals surface area contributed by atoms with Crippen molar-refractivity contribution in [2.75, 3.05) is 0 Å². The molecule has 3 rings (SSSR count). The molecule has 0 N–H and O–H groups in total. The van der Waals surface area contributed by atoms with Gasteiger partial charge >= 0.3 is 0 Å². The van der Waals surface area contributed by atoms with Crippen LogP contribution in [0, 0.1) is 6.92 Å². The molecular formula is C19H13BrClNO2. The van der Waals surface area contributed by atoms with Crippen molar-refractivity contribution < 1.29 is 9.21 Å². The molecule has 5 heteroatoms. The van der Waals surface area contributed by atoms with Gasteiger partial charge in [0.2, 0.25) is 5.89 Å². The number of benzene rings is 2. The standard InChI is InChI=1S/C19H13BrClNO2/c1-12-17(10-11-18(23)13-2-6-15(20)7-3-13)22-19(24-12)14-4-8-16(21)9-5-14/h2-11H,1H3/b11-10+. The molecule has 3 aromatic rings. The van der Waals surface area contributed by atoms with Crippen molar-refractivity contribution in [3.63, 3.8) is 0 Å². The largest absolute Gasteiger partial charge is 0.441 e. The fraction of sp³-hybridized carbons (Fsp3) is 0.0526. The zero-order valence-electron chi connectivity index (χ0n) is 12.8. The van der Waals surface area contributed by atoms with Gasteiger partial charge in [0.25, 0.3) is 0 Å². The lowest BCUT2D eigenvalue weighted by molar-refractivity contribution is 0.104. The summed E-state index contributed by atoms with van der Waals surface area (Å²) < 4.78 is 6.60. The van der Waals surface area contributed by atoms with Crippen molar-refractivity contribution in [2.45, 2.75) is 6.92 Å². The van der Waals surface area contributed by atoms with E-state index in [0.29, 0.717) is 27.9 Å². The number of nitrogens with zero attached hydrogens (tertiary/aromatic N) is 1. The molecule has 3 nitrogen and oxygen atoms in total. The SMILES string of the molecule is Cc1oc(-c2ccc(Cl)cc2)nc1/C=C/C(=O)c1ccc(Br)cc1. The second-order valence-corrected chi connectivity index (χ2v) is 6.52. The first kappa shape index (κ1) is 16.7. The monoisotopic (exact) mass is 401 g/mol. The van der Waals surface area contributed by atoms with Crippen LogP contribution in [-0.2, 0) is 0 Å². The van der Waals surface area contributed by atoms with Crippen molar-refractivity contribution in [1.82, 2.24) is 4.98 Å². The predicted molar refractivity (Wildman–Crippen MR) is 99.2 cm³/mol. The van der Waals surface area contributed by atoms with E-state index in [4.69, 9.17) is 16.0 Å². The summed E-state index contributed by atoms with van der Waals surface area (Å²) in [7, 11) is 0. The van der Waals surface area contributed by atoms with Gasteiger partial charge in [-0.25, -0.2) is 4.98 Å². The Labute approximate surface area is 153 Å². The number of rotatable bonds is 4. The van der Waals surface area contributed by atoms with E-state index in [-0.39, 0.29) is 5.78 Å². The molecule has 24 heavy (non-hydrogen) atoms. The van der Waals surface area contributed by atoms with Crippen LogP contribution in [-0.4, -0.2) is 10.8 Å². The molecule has 0 aliphatic heterocycles. The van der Waals surface area contributed by atoms with Gasteiger partial charge in [-0.3, -0.25) is 4.79 Å². The van der Waals surface area contributed by atoms with Crippen LogP contribution in [0.2, 0.25) is 5.02 Å². The highest BCUT2D eigenvalue weighted by molar-refractivity contribution is 9.10. The minimum Gasteiger partial charge on any atom is -0.441 e. The van der Waals surface area contributed by atoms with Gasteiger partial charge in [-0.05, 0) is 67.6 Å². The van der Waals surface area contributed by atoms with Crippen LogP contribution in [0.5, 0.6) is 0 Å². The van der Waals surface area contributed by atoms with Crippen LogP contribution in [0.4, 0.5) is 0 Å². The summed E-state index contributed by atoms with van der Waals surface area (Å²) in [6, 6.07) is 14.5. The van der Waals surface area contributed by atoms with E-state index in [2.05, 4.69) is 20.9 Å². The lowest BCUT2D eigenvalue weighted by Gasteiger charge is -1.95. The van der Waals surface area contributed by atoms with Crippen LogP contribution in [0.15, 0.2) is 63.5 Å². The Kier molecular flexibility index (Phi) is 4.97. The number of carbonyl (C=O) groups excluding carboxylic acids is 1. The lowest BCUT2D eigenvalue weighted by atomic mass is 10.1. The normalized spacial score (nSPS) is 11.1. The molecule has 0 bridgehead atoms. The lowest BCUT2D eigenvalue weighted by Crippen LogP contribution is -1.93. The third-order valence-electron chi connectivity index (χ3n) is 3.44. The molecular weight excluding hydrogens is 390 g/mol. The number of halogens is 2. The smallest absolute Gasteiger partial charge is 0.226 e. The number of aryl methyl sites for hydroxylation is 1. The molecule has 0 saturated heterocycles. The highest BCUT2D eigenvalue weighted by atomic mass is 79.9. The van der Waals surface area contributed by atoms with Gasteiger partial charge in [-0.2, -0.15) is 0 Å². The van der Waals surface area contributed by atoms with Crippen molar-refractivity contribution in [3.8, 4) is 11.5 Å². The molecule has 1 heterocycles. The number of hydrogen-bond donors (Lipinski definition) is 0. The van der Waals surface area contributed by atoms with E-state index in [0.717, 1.165) is 10.0 Å². The molecule has 0 radical (unpaired) electrons. The zero-order chi connectivity index (χ0) is 17.1.